The van der Waals surface area contributed by atoms with Crippen LogP contribution in [-0.2, 0) is 23.6 Å². The molecule has 0 aliphatic carbocycles. The normalized spacial score (nSPS) is 11.7. The molecule has 2 rings (SSSR count). The van der Waals surface area contributed by atoms with Gasteiger partial charge in [0.2, 0.25) is 0 Å². The van der Waals surface area contributed by atoms with Gasteiger partial charge < -0.3 is 4.55 Å². The van der Waals surface area contributed by atoms with Crippen molar-refractivity contribution in [2.45, 2.75) is 25.8 Å². The number of benzene rings is 1. The monoisotopic (exact) mass is 567 g/mol. The van der Waals surface area contributed by atoms with Crippen LogP contribution in [-0.4, -0.2) is 24.3 Å². The quantitative estimate of drug-likeness (QED) is 0.107. The van der Waals surface area contributed by atoms with Gasteiger partial charge in [0.25, 0.3) is 5.15 Å². The predicted molar refractivity (Wildman–Crippen MR) is 105 cm³/mol. The Morgan fingerprint density at radius 2 is 1.79 bits per heavy atom. The molecule has 0 aliphatic heterocycles. The van der Waals surface area contributed by atoms with Crippen LogP contribution in [0.2, 0.25) is 5.15 Å². The molecule has 0 amide bonds. The summed E-state index contributed by atoms with van der Waals surface area (Å²) < 4.78 is 75.5. The molecule has 12 heteroatoms. The molecule has 0 saturated heterocycles. The zero-order valence-corrected chi connectivity index (χ0v) is 19.0. The van der Waals surface area contributed by atoms with Gasteiger partial charge in [-0.1, -0.05) is 6.07 Å². The van der Waals surface area contributed by atoms with Gasteiger partial charge >= 0.3 is 5.51 Å². The van der Waals surface area contributed by atoms with Crippen molar-refractivity contribution >= 4 is 50.1 Å². The van der Waals surface area contributed by atoms with Gasteiger partial charge in [0.1, 0.15) is 12.9 Å². The Hall–Kier alpha value is -1.31. The highest BCUT2D eigenvalue weighted by Crippen LogP contribution is 2.21. The number of hydrogen-bond donors (Lipinski definition) is 0. The average molecular weight is 568 g/mol. The summed E-state index contributed by atoms with van der Waals surface area (Å²) in [6, 6.07) is 6.85. The minimum absolute atomic E-state index is 0.0497. The van der Waals surface area contributed by atoms with E-state index in [1.54, 1.807) is 23.7 Å². The van der Waals surface area contributed by atoms with Crippen LogP contribution in [0.3, 0.4) is 0 Å². The summed E-state index contributed by atoms with van der Waals surface area (Å²) in [5.74, 6) is -0.320. The second-order valence-electron chi connectivity index (χ2n) is 5.91. The average Bonchev–Trinajstić information content (AvgIpc) is 2.55. The molecule has 160 valence electrons. The maximum atomic E-state index is 14.0. The van der Waals surface area contributed by atoms with E-state index in [1.807, 2.05) is 13.0 Å². The molecule has 29 heavy (non-hydrogen) atoms. The topological polar surface area (TPSA) is 78.1 Å². The summed E-state index contributed by atoms with van der Waals surface area (Å²) in [6.07, 6.45) is 0.328. The molecule has 0 saturated carbocycles. The van der Waals surface area contributed by atoms with Crippen molar-refractivity contribution in [3.63, 3.8) is 0 Å². The van der Waals surface area contributed by atoms with Crippen molar-refractivity contribution in [1.29, 1.82) is 0 Å². The number of nitrogens with zero attached hydrogens (tertiary/aromatic N) is 1. The number of rotatable bonds is 3. The van der Waals surface area contributed by atoms with Gasteiger partial charge in [-0.25, -0.2) is 12.8 Å². The Balaban J connectivity index is 0.000000447. The van der Waals surface area contributed by atoms with Crippen LogP contribution >= 0.6 is 34.2 Å². The van der Waals surface area contributed by atoms with Crippen molar-refractivity contribution in [3.05, 3.63) is 61.2 Å². The highest BCUT2D eigenvalue weighted by Gasteiger charge is 2.36. The highest BCUT2D eigenvalue weighted by molar-refractivity contribution is 14.1. The van der Waals surface area contributed by atoms with Crippen molar-refractivity contribution in [3.8, 4) is 0 Å². The standard InChI is InChI=1S/C16H15ClFINO.CHF3O3S/c1-9-6-13(10(2)21)15(20(3)16(9)17)7-11-4-5-12(19)8-14(11)18;2-1(3,4)8(5,6)7/h4-6,8H,7H2,1-3H3;(H,5,6,7)/q+1;/p-1. The van der Waals surface area contributed by atoms with Crippen molar-refractivity contribution in [1.82, 2.24) is 0 Å². The molecule has 5 nitrogen and oxygen atoms in total. The number of pyridine rings is 1. The molecular formula is C17H15ClF4INO4S. The summed E-state index contributed by atoms with van der Waals surface area (Å²) >= 11 is 8.31. The molecule has 1 aromatic carbocycles. The predicted octanol–water partition coefficient (Wildman–Crippen LogP) is 4.06. The zero-order valence-electron chi connectivity index (χ0n) is 15.3. The van der Waals surface area contributed by atoms with E-state index >= 15 is 0 Å². The summed E-state index contributed by atoms with van der Waals surface area (Å²) in [6.45, 7) is 3.36. The van der Waals surface area contributed by atoms with Crippen LogP contribution in [0.25, 0.3) is 0 Å². The van der Waals surface area contributed by atoms with Gasteiger partial charge in [-0.05, 0) is 71.8 Å². The summed E-state index contributed by atoms with van der Waals surface area (Å²) in [4.78, 5) is 11.9. The Bertz CT molecular complexity index is 1040. The third kappa shape index (κ3) is 6.86. The van der Waals surface area contributed by atoms with Crippen LogP contribution < -0.4 is 4.57 Å². The molecule has 2 aromatic rings. The largest absolute Gasteiger partial charge is 0.741 e. The lowest BCUT2D eigenvalue weighted by Gasteiger charge is -2.09. The smallest absolute Gasteiger partial charge is 0.485 e. The number of ketones is 1. The first kappa shape index (κ1) is 25.7. The maximum absolute atomic E-state index is 14.0. The number of carbonyl (C=O) groups excluding carboxylic acids is 1. The van der Waals surface area contributed by atoms with E-state index < -0.39 is 15.6 Å². The van der Waals surface area contributed by atoms with Crippen molar-refractivity contribution in [2.24, 2.45) is 7.05 Å². The number of carbonyl (C=O) groups is 1. The summed E-state index contributed by atoms with van der Waals surface area (Å²) in [5.41, 5.74) is -2.97. The first-order valence-corrected chi connectivity index (χ1v) is 10.6. The molecule has 1 aromatic heterocycles. The highest BCUT2D eigenvalue weighted by atomic mass is 127. The molecule has 0 aliphatic rings. The maximum Gasteiger partial charge on any atom is 0.485 e. The molecule has 0 unspecified atom stereocenters. The SMILES string of the molecule is CC(=O)c1cc(C)c(Cl)[n+](C)c1Cc1ccc(I)cc1F.O=S(=O)([O-])C(F)(F)F. The van der Waals surface area contributed by atoms with E-state index in [0.717, 1.165) is 14.8 Å². The first-order chi connectivity index (χ1) is 13.1. The van der Waals surface area contributed by atoms with E-state index in [0.29, 0.717) is 22.7 Å². The van der Waals surface area contributed by atoms with E-state index in [2.05, 4.69) is 22.6 Å². The van der Waals surface area contributed by atoms with E-state index in [1.165, 1.54) is 13.0 Å². The molecule has 0 N–H and O–H groups in total. The lowest BCUT2D eigenvalue weighted by Crippen LogP contribution is -2.38. The van der Waals surface area contributed by atoms with Gasteiger partial charge in [0.15, 0.2) is 21.6 Å². The van der Waals surface area contributed by atoms with E-state index in [9.17, 15) is 22.4 Å². The lowest BCUT2D eigenvalue weighted by atomic mass is 10.0. The molecule has 0 fully saturated rings. The lowest BCUT2D eigenvalue weighted by molar-refractivity contribution is -0.676. The number of alkyl halides is 3. The van der Waals surface area contributed by atoms with Gasteiger partial charge in [0, 0.05) is 9.13 Å². The fraction of sp³-hybridized carbons (Fsp3) is 0.294. The van der Waals surface area contributed by atoms with Gasteiger partial charge in [-0.3, -0.25) is 4.79 Å². The summed E-state index contributed by atoms with van der Waals surface area (Å²) in [7, 11) is -4.30. The fourth-order valence-electron chi connectivity index (χ4n) is 2.29. The number of hydrogen-bond acceptors (Lipinski definition) is 4. The minimum Gasteiger partial charge on any atom is -0.741 e. The van der Waals surface area contributed by atoms with Crippen LogP contribution in [0.1, 0.15) is 34.1 Å². The van der Waals surface area contributed by atoms with Gasteiger partial charge in [-0.2, -0.15) is 17.7 Å². The molecule has 0 radical (unpaired) electrons. The van der Waals surface area contributed by atoms with Crippen molar-refractivity contribution < 1.29 is 39.9 Å². The number of aryl methyl sites for hydroxylation is 1. The van der Waals surface area contributed by atoms with E-state index in [4.69, 9.17) is 24.6 Å². The molecule has 0 spiro atoms. The van der Waals surface area contributed by atoms with Crippen LogP contribution in [0.4, 0.5) is 17.6 Å². The number of Topliss-reactive ketones (excluding diaryl/α,β-unsaturated/α-hetero) is 1. The third-order valence-corrected chi connectivity index (χ3v) is 5.52. The van der Waals surface area contributed by atoms with Crippen LogP contribution in [0, 0.1) is 16.3 Å². The molecule has 0 bridgehead atoms. The zero-order chi connectivity index (χ0) is 22.7. The number of aromatic nitrogens is 1. The Morgan fingerprint density at radius 1 is 1.28 bits per heavy atom. The van der Waals surface area contributed by atoms with Crippen molar-refractivity contribution in [2.75, 3.05) is 0 Å². The number of halogens is 6. The second kappa shape index (κ2) is 9.67. The minimum atomic E-state index is -6.09. The Kier molecular flexibility index (Phi) is 8.57. The van der Waals surface area contributed by atoms with Crippen LogP contribution in [0.15, 0.2) is 24.3 Å². The van der Waals surface area contributed by atoms with Crippen LogP contribution in [0.5, 0.6) is 0 Å². The third-order valence-electron chi connectivity index (χ3n) is 3.73. The van der Waals surface area contributed by atoms with Gasteiger partial charge in [-0.15, -0.1) is 0 Å². The Labute approximate surface area is 183 Å². The Morgan fingerprint density at radius 3 is 2.21 bits per heavy atom. The fourth-order valence-corrected chi connectivity index (χ4v) is 2.90. The molecule has 0 atom stereocenters. The molecule has 1 heterocycles. The summed E-state index contributed by atoms with van der Waals surface area (Å²) in [5, 5.41) is 0.556. The molecular weight excluding hydrogens is 553 g/mol. The second-order valence-corrected chi connectivity index (χ2v) is 8.88. The van der Waals surface area contributed by atoms with E-state index in [-0.39, 0.29) is 11.6 Å². The first-order valence-electron chi connectivity index (χ1n) is 7.71. The van der Waals surface area contributed by atoms with Gasteiger partial charge in [0.05, 0.1) is 12.0 Å².